The number of allylic oxidation sites excluding steroid dienone is 1. The molecule has 1 amide bonds. The normalized spacial score (nSPS) is 14.8. The van der Waals surface area contributed by atoms with E-state index in [0.29, 0.717) is 43.1 Å². The summed E-state index contributed by atoms with van der Waals surface area (Å²) in [5.41, 5.74) is 2.38. The minimum Gasteiger partial charge on any atom is -0.493 e. The quantitative estimate of drug-likeness (QED) is 0.683. The third-order valence-corrected chi connectivity index (χ3v) is 4.88. The number of hydrogen-bond acceptors (Lipinski definition) is 6. The summed E-state index contributed by atoms with van der Waals surface area (Å²) >= 11 is 0. The Morgan fingerprint density at radius 1 is 1.21 bits per heavy atom. The van der Waals surface area contributed by atoms with Crippen LogP contribution >= 0.6 is 0 Å². The lowest BCUT2D eigenvalue weighted by Crippen LogP contribution is -2.48. The van der Waals surface area contributed by atoms with Crippen molar-refractivity contribution in [1.82, 2.24) is 15.0 Å². The van der Waals surface area contributed by atoms with Gasteiger partial charge in [0.05, 0.1) is 26.5 Å². The van der Waals surface area contributed by atoms with E-state index in [-0.39, 0.29) is 5.91 Å². The zero-order chi connectivity index (χ0) is 20.1. The van der Waals surface area contributed by atoms with Crippen LogP contribution in [0.5, 0.6) is 11.5 Å². The zero-order valence-corrected chi connectivity index (χ0v) is 16.7. The number of hydrogen-bond donors (Lipinski definition) is 0. The highest BCUT2D eigenvalue weighted by Gasteiger charge is 2.24. The summed E-state index contributed by atoms with van der Waals surface area (Å²) in [6.45, 7) is 9.31. The fraction of sp³-hybridized carbons (Fsp3) is 0.429. The Balaban J connectivity index is 1.69. The molecule has 0 aliphatic carbocycles. The molecule has 0 atom stereocenters. The van der Waals surface area contributed by atoms with Crippen LogP contribution in [0, 0.1) is 6.92 Å². The van der Waals surface area contributed by atoms with Crippen LogP contribution in [0.1, 0.15) is 27.4 Å². The molecule has 1 saturated heterocycles. The Hall–Kier alpha value is -2.80. The van der Waals surface area contributed by atoms with Crippen molar-refractivity contribution in [1.29, 1.82) is 0 Å². The first-order chi connectivity index (χ1) is 13.5. The molecule has 0 unspecified atom stereocenters. The van der Waals surface area contributed by atoms with Crippen LogP contribution in [0.15, 0.2) is 35.4 Å². The summed E-state index contributed by atoms with van der Waals surface area (Å²) in [4.78, 5) is 17.2. The van der Waals surface area contributed by atoms with Gasteiger partial charge in [-0.15, -0.1) is 6.58 Å². The minimum absolute atomic E-state index is 0.00132. The predicted octanol–water partition coefficient (Wildman–Crippen LogP) is 2.69. The molecule has 0 bridgehead atoms. The number of ether oxygens (including phenoxy) is 2. The molecule has 3 rings (SSSR count). The van der Waals surface area contributed by atoms with Gasteiger partial charge in [0, 0.05) is 43.4 Å². The maximum atomic E-state index is 13.0. The van der Waals surface area contributed by atoms with Gasteiger partial charge in [-0.3, -0.25) is 9.69 Å². The van der Waals surface area contributed by atoms with E-state index in [2.05, 4.69) is 16.6 Å². The van der Waals surface area contributed by atoms with E-state index in [1.54, 1.807) is 26.4 Å². The molecule has 1 aromatic carbocycles. The van der Waals surface area contributed by atoms with Crippen LogP contribution in [0.3, 0.4) is 0 Å². The molecule has 0 spiro atoms. The maximum absolute atomic E-state index is 13.0. The molecular weight excluding hydrogens is 358 g/mol. The molecule has 2 heterocycles. The summed E-state index contributed by atoms with van der Waals surface area (Å²) < 4.78 is 16.2. The number of methoxy groups -OCH3 is 2. The topological polar surface area (TPSA) is 68.0 Å². The minimum atomic E-state index is 0.00132. The van der Waals surface area contributed by atoms with Crippen LogP contribution in [-0.4, -0.2) is 61.3 Å². The van der Waals surface area contributed by atoms with Crippen molar-refractivity contribution >= 4 is 5.91 Å². The Kier molecular flexibility index (Phi) is 6.36. The van der Waals surface area contributed by atoms with Crippen molar-refractivity contribution in [2.75, 3.05) is 40.4 Å². The van der Waals surface area contributed by atoms with Gasteiger partial charge in [-0.1, -0.05) is 11.2 Å². The van der Waals surface area contributed by atoms with E-state index >= 15 is 0 Å². The van der Waals surface area contributed by atoms with Crippen molar-refractivity contribution in [2.24, 2.45) is 0 Å². The van der Waals surface area contributed by atoms with Gasteiger partial charge in [0.15, 0.2) is 17.3 Å². The van der Waals surface area contributed by atoms with Gasteiger partial charge in [0.1, 0.15) is 0 Å². The van der Waals surface area contributed by atoms with E-state index in [9.17, 15) is 4.79 Å². The second kappa shape index (κ2) is 8.93. The van der Waals surface area contributed by atoms with E-state index in [1.165, 1.54) is 0 Å². The first-order valence-electron chi connectivity index (χ1n) is 9.35. The number of carbonyl (C=O) groups excluding carboxylic acids is 1. The van der Waals surface area contributed by atoms with Crippen molar-refractivity contribution < 1.29 is 18.8 Å². The Morgan fingerprint density at radius 3 is 2.54 bits per heavy atom. The van der Waals surface area contributed by atoms with Crippen LogP contribution in [0.2, 0.25) is 0 Å². The van der Waals surface area contributed by atoms with Crippen molar-refractivity contribution in [3.05, 3.63) is 53.4 Å². The highest BCUT2D eigenvalue weighted by Crippen LogP contribution is 2.33. The smallest absolute Gasteiger partial charge is 0.254 e. The molecule has 1 fully saturated rings. The van der Waals surface area contributed by atoms with Gasteiger partial charge < -0.3 is 18.9 Å². The fourth-order valence-corrected chi connectivity index (χ4v) is 3.48. The first-order valence-corrected chi connectivity index (χ1v) is 9.35. The van der Waals surface area contributed by atoms with Crippen LogP contribution < -0.4 is 9.47 Å². The standard InChI is InChI=1S/C21H27N3O4/c1-5-6-16-12-17(13-19(26-3)20(16)27-4)21(25)24-9-7-23(8-10-24)14-18-11-15(2)22-28-18/h5,11-13H,1,6-10,14H2,2-4H3. The molecule has 0 N–H and O–H groups in total. The number of aryl methyl sites for hydroxylation is 1. The Labute approximate surface area is 165 Å². The molecule has 0 radical (unpaired) electrons. The van der Waals surface area contributed by atoms with E-state index < -0.39 is 0 Å². The Morgan fingerprint density at radius 2 is 1.96 bits per heavy atom. The monoisotopic (exact) mass is 385 g/mol. The summed E-state index contributed by atoms with van der Waals surface area (Å²) in [6.07, 6.45) is 2.39. The third kappa shape index (κ3) is 4.36. The van der Waals surface area contributed by atoms with Crippen molar-refractivity contribution in [3.63, 3.8) is 0 Å². The lowest BCUT2D eigenvalue weighted by atomic mass is 10.0. The summed E-state index contributed by atoms with van der Waals surface area (Å²) in [6, 6.07) is 5.56. The van der Waals surface area contributed by atoms with Crippen LogP contribution in [0.4, 0.5) is 0 Å². The highest BCUT2D eigenvalue weighted by atomic mass is 16.5. The van der Waals surface area contributed by atoms with Crippen LogP contribution in [-0.2, 0) is 13.0 Å². The van der Waals surface area contributed by atoms with Gasteiger partial charge in [0.2, 0.25) is 0 Å². The molecule has 1 aromatic heterocycles. The van der Waals surface area contributed by atoms with E-state index in [1.807, 2.05) is 24.0 Å². The molecule has 28 heavy (non-hydrogen) atoms. The first kappa shape index (κ1) is 19.9. The molecule has 1 aliphatic heterocycles. The SMILES string of the molecule is C=CCc1cc(C(=O)N2CCN(Cc3cc(C)no3)CC2)cc(OC)c1OC. The third-order valence-electron chi connectivity index (χ3n) is 4.88. The average Bonchev–Trinajstić information content (AvgIpc) is 3.12. The maximum Gasteiger partial charge on any atom is 0.254 e. The lowest BCUT2D eigenvalue weighted by Gasteiger charge is -2.34. The van der Waals surface area contributed by atoms with Crippen molar-refractivity contribution in [3.8, 4) is 11.5 Å². The predicted molar refractivity (Wildman–Crippen MR) is 106 cm³/mol. The van der Waals surface area contributed by atoms with Gasteiger partial charge in [0.25, 0.3) is 5.91 Å². The number of amides is 1. The largest absolute Gasteiger partial charge is 0.493 e. The second-order valence-corrected chi connectivity index (χ2v) is 6.87. The molecule has 7 nitrogen and oxygen atoms in total. The number of nitrogens with zero attached hydrogens (tertiary/aromatic N) is 3. The van der Waals surface area contributed by atoms with E-state index in [4.69, 9.17) is 14.0 Å². The number of benzene rings is 1. The summed E-state index contributed by atoms with van der Waals surface area (Å²) in [5, 5.41) is 3.92. The molecule has 1 aliphatic rings. The zero-order valence-electron chi connectivity index (χ0n) is 16.7. The molecule has 7 heteroatoms. The van der Waals surface area contributed by atoms with Gasteiger partial charge in [-0.25, -0.2) is 0 Å². The number of carbonyl (C=O) groups is 1. The molecule has 150 valence electrons. The van der Waals surface area contributed by atoms with Gasteiger partial charge in [-0.05, 0) is 25.5 Å². The summed E-state index contributed by atoms with van der Waals surface area (Å²) in [7, 11) is 3.18. The van der Waals surface area contributed by atoms with Gasteiger partial charge in [-0.2, -0.15) is 0 Å². The average molecular weight is 385 g/mol. The van der Waals surface area contributed by atoms with Crippen LogP contribution in [0.25, 0.3) is 0 Å². The lowest BCUT2D eigenvalue weighted by molar-refractivity contribution is 0.0617. The molecule has 2 aromatic rings. The van der Waals surface area contributed by atoms with Gasteiger partial charge >= 0.3 is 0 Å². The number of rotatable bonds is 7. The Bertz CT molecular complexity index is 838. The second-order valence-electron chi connectivity index (χ2n) is 6.87. The highest BCUT2D eigenvalue weighted by molar-refractivity contribution is 5.95. The number of aromatic nitrogens is 1. The number of piperazine rings is 1. The summed E-state index contributed by atoms with van der Waals surface area (Å²) in [5.74, 6) is 2.06. The fourth-order valence-electron chi connectivity index (χ4n) is 3.48. The van der Waals surface area contributed by atoms with E-state index in [0.717, 1.165) is 30.1 Å². The molecular formula is C21H27N3O4. The van der Waals surface area contributed by atoms with Crippen molar-refractivity contribution in [2.45, 2.75) is 19.9 Å². The molecule has 0 saturated carbocycles.